The summed E-state index contributed by atoms with van der Waals surface area (Å²) in [5.41, 5.74) is 3.32. The molecule has 0 aliphatic heterocycles. The molecule has 64 valence electrons. The fourth-order valence-corrected chi connectivity index (χ4v) is 0.639. The number of hydrogen-bond donors (Lipinski definition) is 3. The number of carbonyl (C=O) groups excluding carboxylic acids is 1. The number of carboxylic acid groups (broad SMARTS) is 1. The van der Waals surface area contributed by atoms with Crippen LogP contribution in [0.2, 0.25) is 0 Å². The van der Waals surface area contributed by atoms with Crippen LogP contribution in [0.3, 0.4) is 0 Å². The van der Waals surface area contributed by atoms with Gasteiger partial charge in [-0.15, -0.1) is 11.6 Å². The summed E-state index contributed by atoms with van der Waals surface area (Å²) in [5.74, 6) is -2.26. The minimum Gasteiger partial charge on any atom is -0.478 e. The Morgan fingerprint density at radius 1 is 1.73 bits per heavy atom. The van der Waals surface area contributed by atoms with Crippen molar-refractivity contribution in [1.82, 2.24) is 5.32 Å². The van der Waals surface area contributed by atoms with E-state index in [1.165, 1.54) is 0 Å². The molecule has 1 unspecified atom stereocenters. The number of amides is 1. The van der Waals surface area contributed by atoms with Crippen LogP contribution in [0.15, 0.2) is 0 Å². The number of carbonyl (C=O) groups is 2. The van der Waals surface area contributed by atoms with Gasteiger partial charge < -0.3 is 10.4 Å². The van der Waals surface area contributed by atoms with Gasteiger partial charge in [-0.3, -0.25) is 10.5 Å². The van der Waals surface area contributed by atoms with E-state index < -0.39 is 17.5 Å². The van der Waals surface area contributed by atoms with Gasteiger partial charge in [-0.25, -0.2) is 4.79 Å². The zero-order valence-corrected chi connectivity index (χ0v) is 6.68. The quantitative estimate of drug-likeness (QED) is 0.388. The highest BCUT2D eigenvalue weighted by atomic mass is 35.5. The van der Waals surface area contributed by atoms with E-state index in [9.17, 15) is 9.59 Å². The number of carboxylic acids is 1. The molecule has 5 nitrogen and oxygen atoms in total. The van der Waals surface area contributed by atoms with Crippen molar-refractivity contribution in [3.05, 3.63) is 0 Å². The van der Waals surface area contributed by atoms with Gasteiger partial charge in [-0.1, -0.05) is 0 Å². The summed E-state index contributed by atoms with van der Waals surface area (Å²) in [6.45, 7) is 1.16. The summed E-state index contributed by atoms with van der Waals surface area (Å²) in [7, 11) is 0. The number of nitrogens with two attached hydrogens (primary N) is 1. The van der Waals surface area contributed by atoms with E-state index in [1.54, 1.807) is 0 Å². The zero-order chi connectivity index (χ0) is 9.07. The number of hydrogen-bond acceptors (Lipinski definition) is 3. The smallest absolute Gasteiger partial charge is 0.345 e. The summed E-state index contributed by atoms with van der Waals surface area (Å²) in [5, 5.41) is 10.5. The lowest BCUT2D eigenvalue weighted by atomic mass is 10.2. The Morgan fingerprint density at radius 3 is 2.27 bits per heavy atom. The maximum absolute atomic E-state index is 10.4. The maximum Gasteiger partial charge on any atom is 0.345 e. The van der Waals surface area contributed by atoms with Gasteiger partial charge in [-0.2, -0.15) is 0 Å². The van der Waals surface area contributed by atoms with Crippen LogP contribution >= 0.6 is 11.6 Å². The first-order valence-electron chi connectivity index (χ1n) is 2.79. The second-order valence-electron chi connectivity index (χ2n) is 2.09. The van der Waals surface area contributed by atoms with Crippen molar-refractivity contribution in [2.75, 3.05) is 5.88 Å². The first-order valence-corrected chi connectivity index (χ1v) is 3.33. The van der Waals surface area contributed by atoms with Gasteiger partial charge in [0.2, 0.25) is 11.6 Å². The van der Waals surface area contributed by atoms with Crippen molar-refractivity contribution in [1.29, 1.82) is 0 Å². The van der Waals surface area contributed by atoms with E-state index in [1.807, 2.05) is 5.32 Å². The summed E-state index contributed by atoms with van der Waals surface area (Å²) < 4.78 is 0. The molecule has 6 heteroatoms. The molecule has 11 heavy (non-hydrogen) atoms. The van der Waals surface area contributed by atoms with Crippen LogP contribution in [-0.4, -0.2) is 28.5 Å². The Labute approximate surface area is 68.5 Å². The molecule has 4 N–H and O–H groups in total. The van der Waals surface area contributed by atoms with Gasteiger partial charge in [0.05, 0.1) is 5.88 Å². The molecule has 0 aliphatic carbocycles. The predicted molar refractivity (Wildman–Crippen MR) is 39.1 cm³/mol. The van der Waals surface area contributed by atoms with Crippen molar-refractivity contribution >= 4 is 23.5 Å². The SMILES string of the molecule is CC(=O)NC(N)(CCl)C(=O)O. The third-order valence-corrected chi connectivity index (χ3v) is 1.41. The highest BCUT2D eigenvalue weighted by molar-refractivity contribution is 6.20. The number of halogens is 1. The average molecular weight is 181 g/mol. The molecule has 0 radical (unpaired) electrons. The highest BCUT2D eigenvalue weighted by Gasteiger charge is 2.33. The van der Waals surface area contributed by atoms with E-state index >= 15 is 0 Å². The van der Waals surface area contributed by atoms with Gasteiger partial charge in [0.1, 0.15) is 0 Å². The molecule has 0 aromatic carbocycles. The van der Waals surface area contributed by atoms with E-state index in [0.717, 1.165) is 6.92 Å². The van der Waals surface area contributed by atoms with Crippen LogP contribution in [0, 0.1) is 0 Å². The number of rotatable bonds is 3. The maximum atomic E-state index is 10.4. The molecule has 0 aromatic rings. The fourth-order valence-electron chi connectivity index (χ4n) is 0.458. The lowest BCUT2D eigenvalue weighted by Gasteiger charge is -2.21. The summed E-state index contributed by atoms with van der Waals surface area (Å²) >= 11 is 5.23. The fraction of sp³-hybridized carbons (Fsp3) is 0.600. The monoisotopic (exact) mass is 180 g/mol. The first kappa shape index (κ1) is 10.2. The van der Waals surface area contributed by atoms with E-state index in [-0.39, 0.29) is 5.88 Å². The second-order valence-corrected chi connectivity index (χ2v) is 2.36. The molecule has 0 rings (SSSR count). The van der Waals surface area contributed by atoms with Crippen molar-refractivity contribution in [2.24, 2.45) is 5.73 Å². The Hall–Kier alpha value is -0.810. The third-order valence-electron chi connectivity index (χ3n) is 0.992. The molecule has 1 atom stereocenters. The largest absolute Gasteiger partial charge is 0.478 e. The Balaban J connectivity index is 4.34. The Bertz CT molecular complexity index is 185. The number of aliphatic carboxylic acids is 1. The van der Waals surface area contributed by atoms with Crippen molar-refractivity contribution in [3.63, 3.8) is 0 Å². The first-order chi connectivity index (χ1) is 4.92. The van der Waals surface area contributed by atoms with Crippen LogP contribution in [0.4, 0.5) is 0 Å². The Kier molecular flexibility index (Phi) is 3.28. The summed E-state index contributed by atoms with van der Waals surface area (Å²) in [6, 6.07) is 0. The van der Waals surface area contributed by atoms with E-state index in [2.05, 4.69) is 0 Å². The molecule has 1 amide bonds. The van der Waals surface area contributed by atoms with Gasteiger partial charge >= 0.3 is 5.97 Å². The molecule has 0 fully saturated rings. The summed E-state index contributed by atoms with van der Waals surface area (Å²) in [4.78, 5) is 20.8. The number of nitrogens with one attached hydrogen (secondary N) is 1. The normalized spacial score (nSPS) is 15.2. The predicted octanol–water partition coefficient (Wildman–Crippen LogP) is -0.899. The minimum absolute atomic E-state index is 0.373. The third kappa shape index (κ3) is 2.73. The lowest BCUT2D eigenvalue weighted by Crippen LogP contribution is -2.62. The van der Waals surface area contributed by atoms with Crippen molar-refractivity contribution < 1.29 is 14.7 Å². The second kappa shape index (κ2) is 3.54. The van der Waals surface area contributed by atoms with Crippen LogP contribution in [0.1, 0.15) is 6.92 Å². The highest BCUT2D eigenvalue weighted by Crippen LogP contribution is 1.98. The van der Waals surface area contributed by atoms with E-state index in [4.69, 9.17) is 22.4 Å². The van der Waals surface area contributed by atoms with E-state index in [0.29, 0.717) is 0 Å². The summed E-state index contributed by atoms with van der Waals surface area (Å²) in [6.07, 6.45) is 0. The molecule has 0 saturated heterocycles. The minimum atomic E-state index is -1.85. The van der Waals surface area contributed by atoms with Gasteiger partial charge in [-0.05, 0) is 0 Å². The topological polar surface area (TPSA) is 92.4 Å². The van der Waals surface area contributed by atoms with Gasteiger partial charge in [0.25, 0.3) is 0 Å². The molecular formula is C5H9ClN2O3. The number of alkyl halides is 1. The zero-order valence-electron chi connectivity index (χ0n) is 5.93. The van der Waals surface area contributed by atoms with Crippen LogP contribution in [0.25, 0.3) is 0 Å². The molecule has 0 aromatic heterocycles. The molecular weight excluding hydrogens is 172 g/mol. The molecule has 0 bridgehead atoms. The average Bonchev–Trinajstić information content (AvgIpc) is 1.86. The van der Waals surface area contributed by atoms with Crippen LogP contribution in [0.5, 0.6) is 0 Å². The van der Waals surface area contributed by atoms with Crippen LogP contribution < -0.4 is 11.1 Å². The lowest BCUT2D eigenvalue weighted by molar-refractivity contribution is -0.146. The molecule has 0 spiro atoms. The standard InChI is InChI=1S/C5H9ClN2O3/c1-3(9)8-5(7,2-6)4(10)11/h2,7H2,1H3,(H,8,9)(H,10,11). The van der Waals surface area contributed by atoms with Gasteiger partial charge in [0, 0.05) is 6.92 Å². The molecule has 0 aliphatic rings. The molecule has 0 heterocycles. The van der Waals surface area contributed by atoms with Crippen molar-refractivity contribution in [3.8, 4) is 0 Å². The Morgan fingerprint density at radius 2 is 2.18 bits per heavy atom. The van der Waals surface area contributed by atoms with Crippen LogP contribution in [-0.2, 0) is 9.59 Å². The molecule has 0 saturated carbocycles. The van der Waals surface area contributed by atoms with Gasteiger partial charge in [0.15, 0.2) is 0 Å². The van der Waals surface area contributed by atoms with Crippen molar-refractivity contribution in [2.45, 2.75) is 12.6 Å².